The van der Waals surface area contributed by atoms with Crippen molar-refractivity contribution in [3.05, 3.63) is 35.7 Å². The van der Waals surface area contributed by atoms with Crippen LogP contribution in [0.25, 0.3) is 11.0 Å². The first-order chi connectivity index (χ1) is 14.9. The highest BCUT2D eigenvalue weighted by Gasteiger charge is 2.44. The van der Waals surface area contributed by atoms with Crippen LogP contribution < -0.4 is 10.6 Å². The van der Waals surface area contributed by atoms with Crippen molar-refractivity contribution in [1.29, 1.82) is 0 Å². The molecule has 0 radical (unpaired) electrons. The van der Waals surface area contributed by atoms with Crippen LogP contribution in [-0.2, 0) is 14.6 Å². The highest BCUT2D eigenvalue weighted by Crippen LogP contribution is 2.37. The zero-order valence-corrected chi connectivity index (χ0v) is 17.2. The van der Waals surface area contributed by atoms with Crippen molar-refractivity contribution in [2.24, 2.45) is 0 Å². The van der Waals surface area contributed by atoms with E-state index in [2.05, 4.69) is 15.0 Å². The first kappa shape index (κ1) is 22.2. The van der Waals surface area contributed by atoms with Gasteiger partial charge in [-0.1, -0.05) is 0 Å². The molecule has 172 valence electrons. The van der Waals surface area contributed by atoms with Gasteiger partial charge in [-0.05, 0) is 19.1 Å². The minimum absolute atomic E-state index is 0.00206. The second-order valence-corrected chi connectivity index (χ2v) is 8.97. The molecule has 3 aromatic rings. The number of hydrogen-bond donors (Lipinski definition) is 2. The van der Waals surface area contributed by atoms with Gasteiger partial charge in [0.05, 0.1) is 13.2 Å². The number of nitrogen functional groups attached to an aromatic ring is 1. The summed E-state index contributed by atoms with van der Waals surface area (Å²) in [6, 6.07) is 1.94. The number of nitrogens with two attached hydrogens (primary N) is 1. The topological polar surface area (TPSA) is 114 Å². The number of rotatable bonds is 3. The number of anilines is 2. The number of morpholine rings is 1. The average Bonchev–Trinajstić information content (AvgIpc) is 3.02. The standard InChI is InChI=1S/C18H16F5N5O3S/c1-8-25-13-14(17(26-8)28-4-5-31-12(7-28)18(21,22)23)27-16(24)15(13)32(29,30)11-3-2-9(19)6-10(11)20/h2-3,6,12,27H,4-5,7,24H2,1H3/t12-/m0/s1. The normalized spacial score (nSPS) is 17.8. The molecular formula is C18H16F5N5O3S. The molecule has 32 heavy (non-hydrogen) atoms. The van der Waals surface area contributed by atoms with Crippen LogP contribution in [0, 0.1) is 18.6 Å². The van der Waals surface area contributed by atoms with Crippen molar-refractivity contribution in [3.63, 3.8) is 0 Å². The lowest BCUT2D eigenvalue weighted by molar-refractivity contribution is -0.221. The lowest BCUT2D eigenvalue weighted by Crippen LogP contribution is -2.49. The third kappa shape index (κ3) is 3.72. The van der Waals surface area contributed by atoms with Gasteiger partial charge in [0.1, 0.15) is 44.1 Å². The largest absolute Gasteiger partial charge is 0.416 e. The number of H-pyrrole nitrogens is 1. The molecule has 1 fully saturated rings. The Labute approximate surface area is 178 Å². The van der Waals surface area contributed by atoms with E-state index in [0.717, 1.165) is 12.1 Å². The number of aryl methyl sites for hydroxylation is 1. The van der Waals surface area contributed by atoms with Gasteiger partial charge < -0.3 is 20.4 Å². The molecule has 2 aromatic heterocycles. The van der Waals surface area contributed by atoms with Crippen LogP contribution in [0.2, 0.25) is 0 Å². The molecule has 0 amide bonds. The molecule has 1 aliphatic heterocycles. The van der Waals surface area contributed by atoms with Gasteiger partial charge in [-0.2, -0.15) is 13.2 Å². The Morgan fingerprint density at radius 1 is 1.25 bits per heavy atom. The maximum Gasteiger partial charge on any atom is 0.416 e. The molecule has 3 heterocycles. The first-order valence-electron chi connectivity index (χ1n) is 9.18. The number of aromatic amines is 1. The van der Waals surface area contributed by atoms with E-state index >= 15 is 0 Å². The summed E-state index contributed by atoms with van der Waals surface area (Å²) in [7, 11) is -4.61. The van der Waals surface area contributed by atoms with Gasteiger partial charge in [0.25, 0.3) is 0 Å². The Kier molecular flexibility index (Phi) is 5.24. The van der Waals surface area contributed by atoms with E-state index < -0.39 is 55.9 Å². The zero-order chi connectivity index (χ0) is 23.4. The van der Waals surface area contributed by atoms with Gasteiger partial charge in [0.2, 0.25) is 9.84 Å². The fourth-order valence-electron chi connectivity index (χ4n) is 3.50. The van der Waals surface area contributed by atoms with E-state index in [1.54, 1.807) is 0 Å². The summed E-state index contributed by atoms with van der Waals surface area (Å²) in [5.41, 5.74) is 5.63. The third-order valence-electron chi connectivity index (χ3n) is 4.90. The fraction of sp³-hybridized carbons (Fsp3) is 0.333. The van der Waals surface area contributed by atoms with Gasteiger partial charge in [-0.15, -0.1) is 0 Å². The maximum absolute atomic E-state index is 14.2. The molecule has 1 atom stereocenters. The first-order valence-corrected chi connectivity index (χ1v) is 10.7. The predicted octanol–water partition coefficient (Wildman–Crippen LogP) is 2.73. The number of halogens is 5. The van der Waals surface area contributed by atoms with Gasteiger partial charge in [0, 0.05) is 12.6 Å². The van der Waals surface area contributed by atoms with Crippen LogP contribution in [-0.4, -0.2) is 55.3 Å². The summed E-state index contributed by atoms with van der Waals surface area (Å²) in [6.45, 7) is 0.647. The number of ether oxygens (including phenoxy) is 1. The number of nitrogens with zero attached hydrogens (tertiary/aromatic N) is 3. The van der Waals surface area contributed by atoms with Crippen molar-refractivity contribution >= 4 is 32.5 Å². The average molecular weight is 477 g/mol. The molecule has 1 aliphatic rings. The van der Waals surface area contributed by atoms with Crippen molar-refractivity contribution < 1.29 is 35.1 Å². The van der Waals surface area contributed by atoms with E-state index in [4.69, 9.17) is 10.5 Å². The molecule has 3 N–H and O–H groups in total. The van der Waals surface area contributed by atoms with Crippen molar-refractivity contribution in [2.45, 2.75) is 29.0 Å². The molecule has 0 aliphatic carbocycles. The van der Waals surface area contributed by atoms with Gasteiger partial charge in [-0.3, -0.25) is 0 Å². The molecule has 14 heteroatoms. The van der Waals surface area contributed by atoms with Gasteiger partial charge in [0.15, 0.2) is 11.9 Å². The second kappa shape index (κ2) is 7.55. The maximum atomic E-state index is 14.2. The smallest absolute Gasteiger partial charge is 0.384 e. The van der Waals surface area contributed by atoms with E-state index in [1.165, 1.54) is 11.8 Å². The number of hydrogen-bond acceptors (Lipinski definition) is 7. The van der Waals surface area contributed by atoms with Crippen molar-refractivity contribution in [1.82, 2.24) is 15.0 Å². The summed E-state index contributed by atoms with van der Waals surface area (Å²) in [6.07, 6.45) is -6.67. The number of fused-ring (bicyclic) bond motifs is 1. The zero-order valence-electron chi connectivity index (χ0n) is 16.4. The molecular weight excluding hydrogens is 461 g/mol. The lowest BCUT2D eigenvalue weighted by atomic mass is 10.2. The molecule has 1 saturated heterocycles. The molecule has 8 nitrogen and oxygen atoms in total. The van der Waals surface area contributed by atoms with Gasteiger partial charge in [-0.25, -0.2) is 27.2 Å². The minimum Gasteiger partial charge on any atom is -0.384 e. The Balaban J connectivity index is 1.88. The Bertz CT molecular complexity index is 1310. The van der Waals surface area contributed by atoms with Gasteiger partial charge >= 0.3 is 6.18 Å². The molecule has 0 unspecified atom stereocenters. The monoisotopic (exact) mass is 477 g/mol. The van der Waals surface area contributed by atoms with E-state index in [0.29, 0.717) is 6.07 Å². The molecule has 4 rings (SSSR count). The summed E-state index contributed by atoms with van der Waals surface area (Å²) < 4.78 is 98.0. The summed E-state index contributed by atoms with van der Waals surface area (Å²) in [5.74, 6) is -2.66. The highest BCUT2D eigenvalue weighted by atomic mass is 32.2. The highest BCUT2D eigenvalue weighted by molar-refractivity contribution is 7.92. The summed E-state index contributed by atoms with van der Waals surface area (Å²) in [4.78, 5) is 10.7. The van der Waals surface area contributed by atoms with Crippen molar-refractivity contribution in [3.8, 4) is 0 Å². The summed E-state index contributed by atoms with van der Waals surface area (Å²) in [5, 5.41) is 0. The van der Waals surface area contributed by atoms with E-state index in [-0.39, 0.29) is 35.8 Å². The van der Waals surface area contributed by atoms with Crippen LogP contribution in [0.3, 0.4) is 0 Å². The van der Waals surface area contributed by atoms with Crippen LogP contribution in [0.15, 0.2) is 28.0 Å². The number of aromatic nitrogens is 3. The number of nitrogens with one attached hydrogen (secondary N) is 1. The van der Waals surface area contributed by atoms with E-state index in [1.807, 2.05) is 0 Å². The van der Waals surface area contributed by atoms with Crippen LogP contribution in [0.4, 0.5) is 33.6 Å². The summed E-state index contributed by atoms with van der Waals surface area (Å²) >= 11 is 0. The van der Waals surface area contributed by atoms with Crippen LogP contribution in [0.1, 0.15) is 5.82 Å². The fourth-order valence-corrected chi connectivity index (χ4v) is 5.03. The number of alkyl halides is 3. The Morgan fingerprint density at radius 3 is 2.62 bits per heavy atom. The van der Waals surface area contributed by atoms with E-state index in [9.17, 15) is 30.4 Å². The molecule has 0 bridgehead atoms. The van der Waals surface area contributed by atoms with Crippen LogP contribution in [0.5, 0.6) is 0 Å². The minimum atomic E-state index is -4.61. The number of sulfone groups is 1. The Morgan fingerprint density at radius 2 is 1.97 bits per heavy atom. The molecule has 0 spiro atoms. The molecule has 1 aromatic carbocycles. The lowest BCUT2D eigenvalue weighted by Gasteiger charge is -2.34. The van der Waals surface area contributed by atoms with Crippen LogP contribution >= 0.6 is 0 Å². The molecule has 0 saturated carbocycles. The quantitative estimate of drug-likeness (QED) is 0.440. The third-order valence-corrected chi connectivity index (χ3v) is 6.77. The predicted molar refractivity (Wildman–Crippen MR) is 103 cm³/mol. The SMILES string of the molecule is Cc1nc(N2CCO[C@H](C(F)(F)F)C2)c2[nH]c(N)c(S(=O)(=O)c3ccc(F)cc3F)c2n1. The second-order valence-electron chi connectivity index (χ2n) is 7.11. The number of benzene rings is 1. The van der Waals surface area contributed by atoms with Crippen molar-refractivity contribution in [2.75, 3.05) is 30.3 Å². The Hall–Kier alpha value is -3.00.